The van der Waals surface area contributed by atoms with E-state index in [0.717, 1.165) is 22.6 Å². The number of nitrogens with zero attached hydrogens (tertiary/aromatic N) is 2. The second-order valence-corrected chi connectivity index (χ2v) is 6.56. The van der Waals surface area contributed by atoms with Gasteiger partial charge in [0.05, 0.1) is 25.3 Å². The molecular formula is C20H19ClN2O4. The normalized spacial score (nSPS) is 16.1. The first-order chi connectivity index (χ1) is 13.0. The number of amides is 1. The molecule has 140 valence electrons. The van der Waals surface area contributed by atoms with Gasteiger partial charge in [0.25, 0.3) is 0 Å². The van der Waals surface area contributed by atoms with Crippen LogP contribution in [0.25, 0.3) is 0 Å². The molecule has 0 radical (unpaired) electrons. The Bertz CT molecular complexity index is 880. The third-order valence-electron chi connectivity index (χ3n) is 4.41. The molecule has 1 amide bonds. The van der Waals surface area contributed by atoms with Gasteiger partial charge in [0.1, 0.15) is 5.75 Å². The monoisotopic (exact) mass is 386 g/mol. The molecule has 7 heteroatoms. The first-order valence-electron chi connectivity index (χ1n) is 8.49. The number of hydrogen-bond donors (Lipinski definition) is 1. The molecular weight excluding hydrogens is 368 g/mol. The number of carboxylic acids is 1. The van der Waals surface area contributed by atoms with E-state index < -0.39 is 5.97 Å². The number of methoxy groups -OCH3 is 1. The first-order valence-corrected chi connectivity index (χ1v) is 8.87. The van der Waals surface area contributed by atoms with Gasteiger partial charge in [-0.1, -0.05) is 29.8 Å². The van der Waals surface area contributed by atoms with Crippen molar-refractivity contribution in [3.05, 3.63) is 64.7 Å². The number of carbonyl (C=O) groups is 2. The maximum atomic E-state index is 12.6. The number of hydrogen-bond acceptors (Lipinski definition) is 4. The van der Waals surface area contributed by atoms with Crippen molar-refractivity contribution in [1.29, 1.82) is 0 Å². The minimum atomic E-state index is -1.02. The van der Waals surface area contributed by atoms with Crippen molar-refractivity contribution in [2.45, 2.75) is 25.3 Å². The average Bonchev–Trinajstić information content (AvgIpc) is 3.11. The van der Waals surface area contributed by atoms with Crippen LogP contribution in [-0.2, 0) is 9.59 Å². The highest BCUT2D eigenvalue weighted by atomic mass is 35.5. The van der Waals surface area contributed by atoms with E-state index >= 15 is 0 Å². The summed E-state index contributed by atoms with van der Waals surface area (Å²) >= 11 is 6.34. The van der Waals surface area contributed by atoms with E-state index in [9.17, 15) is 9.59 Å². The van der Waals surface area contributed by atoms with E-state index in [1.165, 1.54) is 5.01 Å². The lowest BCUT2D eigenvalue weighted by molar-refractivity contribution is -0.141. The Labute approximate surface area is 162 Å². The molecule has 0 unspecified atom stereocenters. The fraction of sp³-hybridized carbons (Fsp3) is 0.250. The summed E-state index contributed by atoms with van der Waals surface area (Å²) in [6, 6.07) is 14.4. The number of carbonyl (C=O) groups excluding carboxylic acids is 1. The van der Waals surface area contributed by atoms with Gasteiger partial charge in [0.2, 0.25) is 5.91 Å². The molecule has 0 aliphatic carbocycles. The lowest BCUT2D eigenvalue weighted by Gasteiger charge is -2.22. The fourth-order valence-electron chi connectivity index (χ4n) is 3.01. The summed E-state index contributed by atoms with van der Waals surface area (Å²) in [4.78, 5) is 23.4. The largest absolute Gasteiger partial charge is 0.497 e. The molecule has 1 heterocycles. The van der Waals surface area contributed by atoms with Crippen LogP contribution >= 0.6 is 11.6 Å². The molecule has 0 bridgehead atoms. The Kier molecular flexibility index (Phi) is 5.76. The van der Waals surface area contributed by atoms with Gasteiger partial charge < -0.3 is 9.84 Å². The number of hydrazone groups is 1. The lowest BCUT2D eigenvalue weighted by atomic mass is 9.98. The van der Waals surface area contributed by atoms with Crippen LogP contribution in [-0.4, -0.2) is 34.8 Å². The Morgan fingerprint density at radius 1 is 1.19 bits per heavy atom. The molecule has 27 heavy (non-hydrogen) atoms. The van der Waals surface area contributed by atoms with Crippen LogP contribution in [0.1, 0.15) is 36.4 Å². The van der Waals surface area contributed by atoms with Crippen LogP contribution < -0.4 is 4.74 Å². The van der Waals surface area contributed by atoms with Gasteiger partial charge in [-0.15, -0.1) is 0 Å². The SMILES string of the molecule is COc1ccc(C2=NN(C(=O)CCC(=O)O)[C@H](c3ccccc3Cl)C2)cc1. The van der Waals surface area contributed by atoms with Gasteiger partial charge in [0, 0.05) is 17.9 Å². The van der Waals surface area contributed by atoms with Gasteiger partial charge >= 0.3 is 5.97 Å². The van der Waals surface area contributed by atoms with Crippen LogP contribution in [0.15, 0.2) is 53.6 Å². The second kappa shape index (κ2) is 8.22. The van der Waals surface area contributed by atoms with E-state index in [-0.39, 0.29) is 24.8 Å². The minimum Gasteiger partial charge on any atom is -0.497 e. The van der Waals surface area contributed by atoms with E-state index in [4.69, 9.17) is 21.4 Å². The van der Waals surface area contributed by atoms with Crippen molar-refractivity contribution in [3.8, 4) is 5.75 Å². The summed E-state index contributed by atoms with van der Waals surface area (Å²) in [7, 11) is 1.60. The fourth-order valence-corrected chi connectivity index (χ4v) is 3.28. The number of benzene rings is 2. The summed E-state index contributed by atoms with van der Waals surface area (Å²) in [6.45, 7) is 0. The summed E-state index contributed by atoms with van der Waals surface area (Å²) in [5, 5.41) is 15.3. The second-order valence-electron chi connectivity index (χ2n) is 6.15. The average molecular weight is 387 g/mol. The highest BCUT2D eigenvalue weighted by Gasteiger charge is 2.34. The maximum absolute atomic E-state index is 12.6. The number of aliphatic carboxylic acids is 1. The topological polar surface area (TPSA) is 79.2 Å². The Morgan fingerprint density at radius 2 is 1.89 bits per heavy atom. The molecule has 0 saturated carbocycles. The lowest BCUT2D eigenvalue weighted by Crippen LogP contribution is -2.27. The maximum Gasteiger partial charge on any atom is 0.303 e. The van der Waals surface area contributed by atoms with Crippen molar-refractivity contribution in [2.75, 3.05) is 7.11 Å². The van der Waals surface area contributed by atoms with Crippen molar-refractivity contribution >= 4 is 29.2 Å². The van der Waals surface area contributed by atoms with Crippen LogP contribution in [0.4, 0.5) is 0 Å². The van der Waals surface area contributed by atoms with Crippen LogP contribution in [0.5, 0.6) is 5.75 Å². The Balaban J connectivity index is 1.91. The molecule has 1 N–H and O–H groups in total. The zero-order valence-corrected chi connectivity index (χ0v) is 15.5. The number of ether oxygens (including phenoxy) is 1. The molecule has 1 atom stereocenters. The highest BCUT2D eigenvalue weighted by Crippen LogP contribution is 2.36. The van der Waals surface area contributed by atoms with E-state index in [1.807, 2.05) is 42.5 Å². The highest BCUT2D eigenvalue weighted by molar-refractivity contribution is 6.31. The molecule has 0 fully saturated rings. The molecule has 1 aliphatic heterocycles. The number of halogens is 1. The van der Waals surface area contributed by atoms with Crippen molar-refractivity contribution < 1.29 is 19.4 Å². The smallest absolute Gasteiger partial charge is 0.303 e. The predicted octanol–water partition coefficient (Wildman–Crippen LogP) is 3.89. The number of rotatable bonds is 6. The van der Waals surface area contributed by atoms with E-state index in [1.54, 1.807) is 13.2 Å². The number of carboxylic acid groups (broad SMARTS) is 1. The summed E-state index contributed by atoms with van der Waals surface area (Å²) in [5.74, 6) is -0.628. The quantitative estimate of drug-likeness (QED) is 0.816. The van der Waals surface area contributed by atoms with E-state index in [0.29, 0.717) is 11.4 Å². The van der Waals surface area contributed by atoms with Crippen LogP contribution in [0.3, 0.4) is 0 Å². The first kappa shape index (κ1) is 18.9. The summed E-state index contributed by atoms with van der Waals surface area (Å²) in [6.07, 6.45) is 0.141. The third kappa shape index (κ3) is 4.28. The molecule has 0 spiro atoms. The van der Waals surface area contributed by atoms with E-state index in [2.05, 4.69) is 5.10 Å². The summed E-state index contributed by atoms with van der Waals surface area (Å²) in [5.41, 5.74) is 2.41. The van der Waals surface area contributed by atoms with Crippen molar-refractivity contribution in [1.82, 2.24) is 5.01 Å². The Morgan fingerprint density at radius 3 is 2.52 bits per heavy atom. The predicted molar refractivity (Wildman–Crippen MR) is 102 cm³/mol. The summed E-state index contributed by atoms with van der Waals surface area (Å²) < 4.78 is 5.17. The molecule has 0 aromatic heterocycles. The zero-order valence-electron chi connectivity index (χ0n) is 14.8. The molecule has 6 nitrogen and oxygen atoms in total. The standard InChI is InChI=1S/C20H19ClN2O4/c1-27-14-8-6-13(7-9-14)17-12-18(15-4-2-3-5-16(15)21)23(22-17)19(24)10-11-20(25)26/h2-9,18H,10-12H2,1H3,(H,25,26)/t18-/m0/s1. The Hall–Kier alpha value is -2.86. The van der Waals surface area contributed by atoms with Gasteiger partial charge in [-0.3, -0.25) is 9.59 Å². The third-order valence-corrected chi connectivity index (χ3v) is 4.75. The molecule has 0 saturated heterocycles. The van der Waals surface area contributed by atoms with Crippen molar-refractivity contribution in [3.63, 3.8) is 0 Å². The van der Waals surface area contributed by atoms with Gasteiger partial charge in [-0.2, -0.15) is 5.10 Å². The van der Waals surface area contributed by atoms with Gasteiger partial charge in [0.15, 0.2) is 0 Å². The molecule has 1 aliphatic rings. The van der Waals surface area contributed by atoms with Crippen LogP contribution in [0, 0.1) is 0 Å². The van der Waals surface area contributed by atoms with Crippen LogP contribution in [0.2, 0.25) is 5.02 Å². The van der Waals surface area contributed by atoms with Gasteiger partial charge in [-0.05, 0) is 41.5 Å². The van der Waals surface area contributed by atoms with Crippen molar-refractivity contribution in [2.24, 2.45) is 5.10 Å². The molecule has 2 aromatic carbocycles. The zero-order chi connectivity index (χ0) is 19.4. The molecule has 3 rings (SSSR count). The molecule has 2 aromatic rings. The minimum absolute atomic E-state index is 0.115. The van der Waals surface area contributed by atoms with Gasteiger partial charge in [-0.25, -0.2) is 5.01 Å².